The molecule has 0 aliphatic carbocycles. The normalized spacial score (nSPS) is 10.8. The molecular weight excluding hydrogens is 308 g/mol. The number of hydrogen-bond acceptors (Lipinski definition) is 5. The lowest BCUT2D eigenvalue weighted by atomic mass is 10.2. The fourth-order valence-electron chi connectivity index (χ4n) is 1.94. The van der Waals surface area contributed by atoms with Gasteiger partial charge in [-0.25, -0.2) is 15.0 Å². The first kappa shape index (κ1) is 15.1. The van der Waals surface area contributed by atoms with Gasteiger partial charge in [-0.3, -0.25) is 4.79 Å². The molecule has 5 nitrogen and oxygen atoms in total. The van der Waals surface area contributed by atoms with E-state index in [-0.39, 0.29) is 5.91 Å². The third kappa shape index (κ3) is 4.08. The summed E-state index contributed by atoms with van der Waals surface area (Å²) in [6.07, 6.45) is 4.88. The Morgan fingerprint density at radius 2 is 2.00 bits per heavy atom. The molecule has 1 N–H and O–H groups in total. The molecule has 6 heteroatoms. The van der Waals surface area contributed by atoms with Crippen molar-refractivity contribution in [1.29, 1.82) is 0 Å². The molecule has 0 saturated carbocycles. The maximum atomic E-state index is 11.9. The van der Waals surface area contributed by atoms with Crippen LogP contribution in [-0.2, 0) is 4.79 Å². The molecule has 0 atom stereocenters. The van der Waals surface area contributed by atoms with E-state index in [1.165, 1.54) is 17.4 Å². The van der Waals surface area contributed by atoms with Crippen molar-refractivity contribution < 1.29 is 4.79 Å². The summed E-state index contributed by atoms with van der Waals surface area (Å²) in [5, 5.41) is 4.68. The number of carbonyl (C=O) groups excluding carboxylic acids is 1. The van der Waals surface area contributed by atoms with Gasteiger partial charge in [0.25, 0.3) is 0 Å². The molecule has 0 bridgehead atoms. The molecule has 0 radical (unpaired) electrons. The van der Waals surface area contributed by atoms with E-state index in [9.17, 15) is 4.79 Å². The summed E-state index contributed by atoms with van der Waals surface area (Å²) in [6, 6.07) is 9.28. The molecule has 1 aromatic carbocycles. The molecule has 0 unspecified atom stereocenters. The fraction of sp³-hybridized carbons (Fsp3) is 0.0588. The van der Waals surface area contributed by atoms with Crippen LogP contribution in [0.4, 0.5) is 5.69 Å². The van der Waals surface area contributed by atoms with Crippen molar-refractivity contribution >= 4 is 29.0 Å². The Bertz CT molecular complexity index is 826. The van der Waals surface area contributed by atoms with Crippen molar-refractivity contribution in [3.05, 3.63) is 64.9 Å². The average Bonchev–Trinajstić information content (AvgIpc) is 3.07. The van der Waals surface area contributed by atoms with Crippen LogP contribution in [0.5, 0.6) is 0 Å². The van der Waals surface area contributed by atoms with E-state index in [1.54, 1.807) is 17.8 Å². The third-order valence-electron chi connectivity index (χ3n) is 3.06. The van der Waals surface area contributed by atoms with E-state index in [0.717, 1.165) is 17.0 Å². The van der Waals surface area contributed by atoms with Crippen LogP contribution in [-0.4, -0.2) is 20.9 Å². The highest BCUT2D eigenvalue weighted by Crippen LogP contribution is 2.18. The van der Waals surface area contributed by atoms with Crippen LogP contribution in [0.2, 0.25) is 0 Å². The molecule has 0 saturated heterocycles. The minimum atomic E-state index is -0.197. The number of aryl methyl sites for hydroxylation is 1. The second-order valence-corrected chi connectivity index (χ2v) is 5.55. The largest absolute Gasteiger partial charge is 0.323 e. The summed E-state index contributed by atoms with van der Waals surface area (Å²) in [7, 11) is 0. The number of nitrogens with one attached hydrogen (secondary N) is 1. The zero-order valence-electron chi connectivity index (χ0n) is 12.4. The number of amides is 1. The Morgan fingerprint density at radius 1 is 1.17 bits per heavy atom. The SMILES string of the molecule is Cc1ccnc(-c2ccc(NC(=O)/C=C/c3cscn3)cc2)n1. The van der Waals surface area contributed by atoms with Crippen molar-refractivity contribution in [1.82, 2.24) is 15.0 Å². The Hall–Kier alpha value is -2.86. The number of benzene rings is 1. The predicted molar refractivity (Wildman–Crippen MR) is 92.0 cm³/mol. The summed E-state index contributed by atoms with van der Waals surface area (Å²) in [4.78, 5) is 24.6. The van der Waals surface area contributed by atoms with E-state index >= 15 is 0 Å². The molecule has 1 amide bonds. The van der Waals surface area contributed by atoms with Gasteiger partial charge in [-0.1, -0.05) is 0 Å². The van der Waals surface area contributed by atoms with Gasteiger partial charge in [0.2, 0.25) is 5.91 Å². The fourth-order valence-corrected chi connectivity index (χ4v) is 2.46. The Kier molecular flexibility index (Phi) is 4.54. The molecule has 3 aromatic rings. The van der Waals surface area contributed by atoms with Gasteiger partial charge in [-0.2, -0.15) is 0 Å². The number of thiazole rings is 1. The highest BCUT2D eigenvalue weighted by molar-refractivity contribution is 7.07. The molecule has 114 valence electrons. The molecule has 0 spiro atoms. The molecule has 0 aliphatic rings. The average molecular weight is 322 g/mol. The highest BCUT2D eigenvalue weighted by atomic mass is 32.1. The predicted octanol–water partition coefficient (Wildman–Crippen LogP) is 3.56. The van der Waals surface area contributed by atoms with Crippen LogP contribution >= 0.6 is 11.3 Å². The highest BCUT2D eigenvalue weighted by Gasteiger charge is 2.03. The van der Waals surface area contributed by atoms with Gasteiger partial charge >= 0.3 is 0 Å². The summed E-state index contributed by atoms with van der Waals surface area (Å²) in [5.74, 6) is 0.476. The smallest absolute Gasteiger partial charge is 0.248 e. The zero-order chi connectivity index (χ0) is 16.1. The van der Waals surface area contributed by atoms with E-state index in [4.69, 9.17) is 0 Å². The topological polar surface area (TPSA) is 67.8 Å². The monoisotopic (exact) mass is 322 g/mol. The van der Waals surface area contributed by atoms with E-state index in [0.29, 0.717) is 11.5 Å². The van der Waals surface area contributed by atoms with Gasteiger partial charge in [0.05, 0.1) is 11.2 Å². The molecule has 0 aliphatic heterocycles. The molecule has 3 rings (SSSR count). The lowest BCUT2D eigenvalue weighted by molar-refractivity contribution is -0.111. The summed E-state index contributed by atoms with van der Waals surface area (Å²) in [5.41, 5.74) is 5.04. The van der Waals surface area contributed by atoms with Crippen LogP contribution in [0.25, 0.3) is 17.5 Å². The van der Waals surface area contributed by atoms with Gasteiger partial charge in [-0.15, -0.1) is 11.3 Å². The van der Waals surface area contributed by atoms with Gasteiger partial charge in [0, 0.05) is 34.6 Å². The van der Waals surface area contributed by atoms with Gasteiger partial charge < -0.3 is 5.32 Å². The van der Waals surface area contributed by atoms with Crippen LogP contribution in [0.3, 0.4) is 0 Å². The first-order chi connectivity index (χ1) is 11.2. The van der Waals surface area contributed by atoms with Crippen molar-refractivity contribution in [2.45, 2.75) is 6.92 Å². The Balaban J connectivity index is 1.66. The third-order valence-corrected chi connectivity index (χ3v) is 3.67. The number of carbonyl (C=O) groups is 1. The Labute approximate surface area is 137 Å². The second kappa shape index (κ2) is 6.93. The van der Waals surface area contributed by atoms with Gasteiger partial charge in [-0.05, 0) is 43.3 Å². The van der Waals surface area contributed by atoms with Crippen LogP contribution in [0.1, 0.15) is 11.4 Å². The summed E-state index contributed by atoms with van der Waals surface area (Å²) < 4.78 is 0. The maximum absolute atomic E-state index is 11.9. The zero-order valence-corrected chi connectivity index (χ0v) is 13.2. The van der Waals surface area contributed by atoms with Gasteiger partial charge in [0.1, 0.15) is 0 Å². The minimum absolute atomic E-state index is 0.197. The molecule has 2 heterocycles. The number of aromatic nitrogens is 3. The lowest BCUT2D eigenvalue weighted by Gasteiger charge is -2.04. The minimum Gasteiger partial charge on any atom is -0.323 e. The summed E-state index contributed by atoms with van der Waals surface area (Å²) >= 11 is 1.49. The van der Waals surface area contributed by atoms with E-state index < -0.39 is 0 Å². The quantitative estimate of drug-likeness (QED) is 0.746. The van der Waals surface area contributed by atoms with Crippen molar-refractivity contribution in [2.75, 3.05) is 5.32 Å². The first-order valence-corrected chi connectivity index (χ1v) is 7.92. The molecule has 0 fully saturated rings. The van der Waals surface area contributed by atoms with Crippen molar-refractivity contribution in [3.63, 3.8) is 0 Å². The van der Waals surface area contributed by atoms with Gasteiger partial charge in [0.15, 0.2) is 5.82 Å². The molecule has 23 heavy (non-hydrogen) atoms. The second-order valence-electron chi connectivity index (χ2n) is 4.83. The van der Waals surface area contributed by atoms with E-state index in [1.807, 2.05) is 42.6 Å². The standard InChI is InChI=1S/C17H14N4OS/c1-12-8-9-18-17(20-12)13-2-4-14(5-3-13)21-16(22)7-6-15-10-23-11-19-15/h2-11H,1H3,(H,21,22)/b7-6+. The Morgan fingerprint density at radius 3 is 2.70 bits per heavy atom. The van der Waals surface area contributed by atoms with Crippen LogP contribution in [0, 0.1) is 6.92 Å². The lowest BCUT2D eigenvalue weighted by Crippen LogP contribution is -2.07. The van der Waals surface area contributed by atoms with E-state index in [2.05, 4.69) is 20.3 Å². The van der Waals surface area contributed by atoms with Crippen molar-refractivity contribution in [3.8, 4) is 11.4 Å². The van der Waals surface area contributed by atoms with Crippen LogP contribution < -0.4 is 5.32 Å². The number of anilines is 1. The first-order valence-electron chi connectivity index (χ1n) is 6.98. The maximum Gasteiger partial charge on any atom is 0.248 e. The summed E-state index contributed by atoms with van der Waals surface area (Å²) in [6.45, 7) is 1.93. The van der Waals surface area contributed by atoms with Crippen molar-refractivity contribution in [2.24, 2.45) is 0 Å². The molecular formula is C17H14N4OS. The molecule has 2 aromatic heterocycles. The number of nitrogens with zero attached hydrogens (tertiary/aromatic N) is 3. The number of rotatable bonds is 4. The number of hydrogen-bond donors (Lipinski definition) is 1. The van der Waals surface area contributed by atoms with Crippen LogP contribution in [0.15, 0.2) is 53.5 Å².